The summed E-state index contributed by atoms with van der Waals surface area (Å²) in [6.07, 6.45) is 0. The fourth-order valence-corrected chi connectivity index (χ4v) is 3.77. The number of ether oxygens (including phenoxy) is 1. The van der Waals surface area contributed by atoms with Gasteiger partial charge in [-0.1, -0.05) is 30.3 Å². The third-order valence-electron chi connectivity index (χ3n) is 5.27. The maximum absolute atomic E-state index is 12.7. The van der Waals surface area contributed by atoms with E-state index in [1.54, 1.807) is 18.7 Å². The van der Waals surface area contributed by atoms with Crippen LogP contribution in [0.2, 0.25) is 0 Å². The van der Waals surface area contributed by atoms with Crippen molar-refractivity contribution < 1.29 is 4.74 Å². The van der Waals surface area contributed by atoms with Gasteiger partial charge in [-0.3, -0.25) is 14.3 Å². The Bertz CT molecular complexity index is 1010. The molecule has 1 aliphatic rings. The molecule has 1 unspecified atom stereocenters. The smallest absolute Gasteiger partial charge is 0.261 e. The summed E-state index contributed by atoms with van der Waals surface area (Å²) in [6.45, 7) is 3.24. The number of benzene rings is 2. The van der Waals surface area contributed by atoms with Gasteiger partial charge in [0.15, 0.2) is 0 Å². The fraction of sp³-hybridized carbons (Fsp3) is 0.333. The first-order chi connectivity index (χ1) is 13.2. The average molecular weight is 364 g/mol. The van der Waals surface area contributed by atoms with Gasteiger partial charge in [-0.25, -0.2) is 4.98 Å². The number of methoxy groups -OCH3 is 1. The van der Waals surface area contributed by atoms with Crippen molar-refractivity contribution in [1.82, 2.24) is 19.8 Å². The number of hydrogen-bond donors (Lipinski definition) is 1. The maximum Gasteiger partial charge on any atom is 0.261 e. The number of nitrogens with one attached hydrogen (secondary N) is 1. The zero-order valence-electron chi connectivity index (χ0n) is 15.7. The van der Waals surface area contributed by atoms with E-state index in [9.17, 15) is 4.79 Å². The van der Waals surface area contributed by atoms with Gasteiger partial charge in [0.1, 0.15) is 11.6 Å². The molecule has 6 heteroatoms. The van der Waals surface area contributed by atoms with E-state index in [1.165, 1.54) is 0 Å². The van der Waals surface area contributed by atoms with E-state index in [-0.39, 0.29) is 11.6 Å². The van der Waals surface area contributed by atoms with E-state index in [0.29, 0.717) is 11.9 Å². The quantitative estimate of drug-likeness (QED) is 0.768. The van der Waals surface area contributed by atoms with Crippen LogP contribution < -0.4 is 15.6 Å². The summed E-state index contributed by atoms with van der Waals surface area (Å²) in [6, 6.07) is 15.8. The molecule has 0 saturated carbocycles. The normalized spacial score (nSPS) is 17.9. The highest BCUT2D eigenvalue weighted by atomic mass is 16.5. The van der Waals surface area contributed by atoms with E-state index in [0.717, 1.165) is 42.3 Å². The molecule has 140 valence electrons. The summed E-state index contributed by atoms with van der Waals surface area (Å²) in [5, 5.41) is 4.13. The lowest BCUT2D eigenvalue weighted by Crippen LogP contribution is -2.46. The molecule has 0 amide bonds. The summed E-state index contributed by atoms with van der Waals surface area (Å²) in [7, 11) is 3.51. The van der Waals surface area contributed by atoms with Crippen molar-refractivity contribution in [3.63, 3.8) is 0 Å². The number of fused-ring (bicyclic) bond motifs is 1. The third kappa shape index (κ3) is 3.34. The van der Waals surface area contributed by atoms with Crippen molar-refractivity contribution in [3.05, 3.63) is 70.3 Å². The molecule has 1 aliphatic heterocycles. The molecule has 2 heterocycles. The standard InChI is InChI=1S/C21H24N4O2/c1-24-20(23-17-9-5-3-7-15(17)21(24)26)14-25-12-11-22-13-18(25)16-8-4-6-10-19(16)27-2/h3-10,18,22H,11-14H2,1-2H3. The van der Waals surface area contributed by atoms with E-state index in [1.807, 2.05) is 42.5 Å². The predicted octanol–water partition coefficient (Wildman–Crippen LogP) is 2.09. The Kier molecular flexibility index (Phi) is 4.92. The molecule has 1 saturated heterocycles. The molecule has 0 spiro atoms. The number of aromatic nitrogens is 2. The molecular weight excluding hydrogens is 340 g/mol. The number of hydrogen-bond acceptors (Lipinski definition) is 5. The zero-order valence-corrected chi connectivity index (χ0v) is 15.7. The second-order valence-electron chi connectivity index (χ2n) is 6.84. The van der Waals surface area contributed by atoms with Gasteiger partial charge in [-0.2, -0.15) is 0 Å². The Hall–Kier alpha value is -2.70. The number of para-hydroxylation sites is 2. The average Bonchev–Trinajstić information content (AvgIpc) is 2.72. The lowest BCUT2D eigenvalue weighted by atomic mass is 10.0. The predicted molar refractivity (Wildman–Crippen MR) is 106 cm³/mol. The van der Waals surface area contributed by atoms with Crippen LogP contribution in [0.25, 0.3) is 10.9 Å². The highest BCUT2D eigenvalue weighted by molar-refractivity contribution is 5.77. The van der Waals surface area contributed by atoms with Gasteiger partial charge in [-0.15, -0.1) is 0 Å². The van der Waals surface area contributed by atoms with Crippen LogP contribution in [-0.2, 0) is 13.6 Å². The molecule has 6 nitrogen and oxygen atoms in total. The second-order valence-corrected chi connectivity index (χ2v) is 6.84. The molecule has 0 radical (unpaired) electrons. The van der Waals surface area contributed by atoms with Gasteiger partial charge >= 0.3 is 0 Å². The van der Waals surface area contributed by atoms with Gasteiger partial charge in [0, 0.05) is 32.2 Å². The first-order valence-electron chi connectivity index (χ1n) is 9.21. The summed E-state index contributed by atoms with van der Waals surface area (Å²) < 4.78 is 7.24. The maximum atomic E-state index is 12.7. The second kappa shape index (κ2) is 7.50. The van der Waals surface area contributed by atoms with Crippen LogP contribution in [0.5, 0.6) is 5.75 Å². The van der Waals surface area contributed by atoms with Crippen LogP contribution in [-0.4, -0.2) is 41.2 Å². The molecule has 1 fully saturated rings. The Morgan fingerprint density at radius 3 is 2.81 bits per heavy atom. The summed E-state index contributed by atoms with van der Waals surface area (Å²) in [5.74, 6) is 1.66. The SMILES string of the molecule is COc1ccccc1C1CNCCN1Cc1nc2ccccc2c(=O)n1C. The van der Waals surface area contributed by atoms with Gasteiger partial charge in [0.05, 0.1) is 30.6 Å². The molecular formula is C21H24N4O2. The molecule has 0 aliphatic carbocycles. The van der Waals surface area contributed by atoms with Crippen LogP contribution in [0.15, 0.2) is 53.3 Å². The van der Waals surface area contributed by atoms with Crippen LogP contribution in [0, 0.1) is 0 Å². The van der Waals surface area contributed by atoms with Crippen LogP contribution >= 0.6 is 0 Å². The first kappa shape index (κ1) is 17.7. The monoisotopic (exact) mass is 364 g/mol. The lowest BCUT2D eigenvalue weighted by Gasteiger charge is -2.37. The molecule has 1 atom stereocenters. The number of nitrogens with zero attached hydrogens (tertiary/aromatic N) is 3. The van der Waals surface area contributed by atoms with Gasteiger partial charge in [-0.05, 0) is 18.2 Å². The topological polar surface area (TPSA) is 59.4 Å². The highest BCUT2D eigenvalue weighted by Crippen LogP contribution is 2.30. The third-order valence-corrected chi connectivity index (χ3v) is 5.27. The largest absolute Gasteiger partial charge is 0.496 e. The fourth-order valence-electron chi connectivity index (χ4n) is 3.77. The van der Waals surface area contributed by atoms with Gasteiger partial charge in [0.25, 0.3) is 5.56 Å². The molecule has 27 heavy (non-hydrogen) atoms. The van der Waals surface area contributed by atoms with E-state index in [2.05, 4.69) is 16.3 Å². The van der Waals surface area contributed by atoms with Crippen LogP contribution in [0.4, 0.5) is 0 Å². The molecule has 0 bridgehead atoms. The van der Waals surface area contributed by atoms with Crippen molar-refractivity contribution in [2.24, 2.45) is 7.05 Å². The molecule has 1 aromatic heterocycles. The summed E-state index contributed by atoms with van der Waals surface area (Å²) in [4.78, 5) is 19.9. The molecule has 2 aromatic carbocycles. The van der Waals surface area contributed by atoms with E-state index < -0.39 is 0 Å². The minimum Gasteiger partial charge on any atom is -0.496 e. The Balaban J connectivity index is 1.71. The summed E-state index contributed by atoms with van der Waals surface area (Å²) in [5.41, 5.74) is 1.90. The zero-order chi connectivity index (χ0) is 18.8. The number of piperazine rings is 1. The van der Waals surface area contributed by atoms with Gasteiger partial charge < -0.3 is 10.1 Å². The van der Waals surface area contributed by atoms with Crippen molar-refractivity contribution in [2.75, 3.05) is 26.7 Å². The molecule has 3 aromatic rings. The van der Waals surface area contributed by atoms with Crippen LogP contribution in [0.1, 0.15) is 17.4 Å². The molecule has 1 N–H and O–H groups in total. The van der Waals surface area contributed by atoms with Crippen molar-refractivity contribution in [3.8, 4) is 5.75 Å². The van der Waals surface area contributed by atoms with E-state index in [4.69, 9.17) is 9.72 Å². The van der Waals surface area contributed by atoms with Crippen molar-refractivity contribution >= 4 is 10.9 Å². The Labute approximate surface area is 158 Å². The minimum absolute atomic E-state index is 0.000392. The summed E-state index contributed by atoms with van der Waals surface area (Å²) >= 11 is 0. The lowest BCUT2D eigenvalue weighted by molar-refractivity contribution is 0.145. The Morgan fingerprint density at radius 2 is 1.96 bits per heavy atom. The first-order valence-corrected chi connectivity index (χ1v) is 9.21. The minimum atomic E-state index is -0.000392. The van der Waals surface area contributed by atoms with Gasteiger partial charge in [0.2, 0.25) is 0 Å². The Morgan fingerprint density at radius 1 is 1.19 bits per heavy atom. The van der Waals surface area contributed by atoms with E-state index >= 15 is 0 Å². The number of rotatable bonds is 4. The van der Waals surface area contributed by atoms with Crippen LogP contribution in [0.3, 0.4) is 0 Å². The molecule has 4 rings (SSSR count). The van der Waals surface area contributed by atoms with Crippen molar-refractivity contribution in [1.29, 1.82) is 0 Å². The highest BCUT2D eigenvalue weighted by Gasteiger charge is 2.27. The van der Waals surface area contributed by atoms with Crippen molar-refractivity contribution in [2.45, 2.75) is 12.6 Å².